The first-order valence-electron chi connectivity index (χ1n) is 6.32. The number of nitrogen functional groups attached to an aromatic ring is 1. The molecule has 1 aliphatic rings. The highest BCUT2D eigenvalue weighted by Gasteiger charge is 2.20. The molecule has 2 heterocycles. The van der Waals surface area contributed by atoms with Crippen molar-refractivity contribution in [2.24, 2.45) is 7.05 Å². The smallest absolute Gasteiger partial charge is 0.129 e. The van der Waals surface area contributed by atoms with E-state index in [1.807, 2.05) is 24.9 Å². The molecule has 1 fully saturated rings. The fourth-order valence-corrected chi connectivity index (χ4v) is 4.06. The third-order valence-corrected chi connectivity index (χ3v) is 5.16. The Bertz CT molecular complexity index is 603. The minimum atomic E-state index is 0.595. The average Bonchev–Trinajstić information content (AvgIpc) is 3.01. The van der Waals surface area contributed by atoms with Crippen molar-refractivity contribution in [3.8, 4) is 11.1 Å². The quantitative estimate of drug-likeness (QED) is 0.921. The molecule has 0 radical (unpaired) electrons. The molecule has 1 aromatic carbocycles. The van der Waals surface area contributed by atoms with Gasteiger partial charge in [0.2, 0.25) is 0 Å². The normalized spacial score (nSPS) is 18.9. The first-order chi connectivity index (χ1) is 9.16. The van der Waals surface area contributed by atoms with Gasteiger partial charge in [0.1, 0.15) is 5.82 Å². The minimum absolute atomic E-state index is 0.595. The van der Waals surface area contributed by atoms with Crippen molar-refractivity contribution in [3.63, 3.8) is 0 Å². The van der Waals surface area contributed by atoms with Crippen LogP contribution in [0.2, 0.25) is 5.02 Å². The van der Waals surface area contributed by atoms with Crippen LogP contribution >= 0.6 is 23.4 Å². The largest absolute Gasteiger partial charge is 0.383 e. The van der Waals surface area contributed by atoms with E-state index in [1.54, 1.807) is 10.9 Å². The number of thioether (sulfide) groups is 1. The van der Waals surface area contributed by atoms with Gasteiger partial charge in [-0.1, -0.05) is 23.7 Å². The third kappa shape index (κ3) is 2.35. The van der Waals surface area contributed by atoms with Crippen molar-refractivity contribution in [1.82, 2.24) is 9.78 Å². The number of aryl methyl sites for hydroxylation is 1. The molecule has 19 heavy (non-hydrogen) atoms. The van der Waals surface area contributed by atoms with Crippen LogP contribution in [0.4, 0.5) is 5.82 Å². The van der Waals surface area contributed by atoms with Gasteiger partial charge in [-0.3, -0.25) is 4.68 Å². The van der Waals surface area contributed by atoms with E-state index in [4.69, 9.17) is 17.3 Å². The summed E-state index contributed by atoms with van der Waals surface area (Å²) in [5, 5.41) is 5.01. The lowest BCUT2D eigenvalue weighted by Gasteiger charge is -2.12. The first kappa shape index (κ1) is 12.9. The summed E-state index contributed by atoms with van der Waals surface area (Å²) in [4.78, 5) is 0. The van der Waals surface area contributed by atoms with E-state index in [0.717, 1.165) is 16.1 Å². The summed E-state index contributed by atoms with van der Waals surface area (Å²) in [5.74, 6) is 3.67. The predicted octanol–water partition coefficient (Wildman–Crippen LogP) is 3.54. The van der Waals surface area contributed by atoms with Crippen molar-refractivity contribution in [1.29, 1.82) is 0 Å². The van der Waals surface area contributed by atoms with Crippen LogP contribution in [0.1, 0.15) is 17.9 Å². The van der Waals surface area contributed by atoms with Gasteiger partial charge >= 0.3 is 0 Å². The van der Waals surface area contributed by atoms with E-state index in [1.165, 1.54) is 23.5 Å². The first-order valence-corrected chi connectivity index (χ1v) is 7.85. The second kappa shape index (κ2) is 5.10. The van der Waals surface area contributed by atoms with E-state index in [2.05, 4.69) is 17.2 Å². The molecule has 1 aromatic heterocycles. The SMILES string of the molecule is Cn1ncc(-c2ccc(C3CCSC3)c(Cl)c2)c1N. The van der Waals surface area contributed by atoms with Gasteiger partial charge in [0.25, 0.3) is 0 Å². The van der Waals surface area contributed by atoms with Crippen molar-refractivity contribution < 1.29 is 0 Å². The zero-order chi connectivity index (χ0) is 13.4. The lowest BCUT2D eigenvalue weighted by atomic mass is 9.96. The maximum absolute atomic E-state index is 6.44. The standard InChI is InChI=1S/C14H16ClN3S/c1-18-14(16)12(7-17-18)9-2-3-11(13(15)6-9)10-4-5-19-8-10/h2-3,6-7,10H,4-5,8,16H2,1H3. The van der Waals surface area contributed by atoms with Crippen molar-refractivity contribution in [2.45, 2.75) is 12.3 Å². The highest BCUT2D eigenvalue weighted by molar-refractivity contribution is 7.99. The molecule has 1 aliphatic heterocycles. The zero-order valence-corrected chi connectivity index (χ0v) is 12.3. The van der Waals surface area contributed by atoms with Gasteiger partial charge in [-0.05, 0) is 35.3 Å². The molecule has 3 rings (SSSR count). The van der Waals surface area contributed by atoms with Crippen LogP contribution in [0, 0.1) is 0 Å². The van der Waals surface area contributed by atoms with Gasteiger partial charge in [-0.2, -0.15) is 16.9 Å². The van der Waals surface area contributed by atoms with Crippen LogP contribution in [0.3, 0.4) is 0 Å². The molecule has 0 bridgehead atoms. The van der Waals surface area contributed by atoms with Crippen LogP contribution in [-0.4, -0.2) is 21.3 Å². The highest BCUT2D eigenvalue weighted by Crippen LogP contribution is 2.38. The molecular formula is C14H16ClN3S. The summed E-state index contributed by atoms with van der Waals surface area (Å²) < 4.78 is 1.67. The number of nitrogens with two attached hydrogens (primary N) is 1. The van der Waals surface area contributed by atoms with Gasteiger partial charge in [0, 0.05) is 23.4 Å². The Labute approximate surface area is 122 Å². The average molecular weight is 294 g/mol. The van der Waals surface area contributed by atoms with Crippen molar-refractivity contribution in [2.75, 3.05) is 17.2 Å². The number of benzene rings is 1. The van der Waals surface area contributed by atoms with E-state index < -0.39 is 0 Å². The van der Waals surface area contributed by atoms with Gasteiger partial charge in [-0.25, -0.2) is 0 Å². The van der Waals surface area contributed by atoms with E-state index >= 15 is 0 Å². The summed E-state index contributed by atoms with van der Waals surface area (Å²) in [5.41, 5.74) is 9.23. The molecule has 1 saturated heterocycles. The number of halogens is 1. The predicted molar refractivity (Wildman–Crippen MR) is 82.7 cm³/mol. The number of nitrogens with zero attached hydrogens (tertiary/aromatic N) is 2. The second-order valence-electron chi connectivity index (χ2n) is 4.86. The minimum Gasteiger partial charge on any atom is -0.383 e. The molecule has 0 aliphatic carbocycles. The molecule has 2 N–H and O–H groups in total. The fourth-order valence-electron chi connectivity index (χ4n) is 2.47. The lowest BCUT2D eigenvalue weighted by Crippen LogP contribution is -1.99. The second-order valence-corrected chi connectivity index (χ2v) is 6.42. The Morgan fingerprint density at radius 2 is 2.32 bits per heavy atom. The fraction of sp³-hybridized carbons (Fsp3) is 0.357. The van der Waals surface area contributed by atoms with Crippen LogP contribution in [0.25, 0.3) is 11.1 Å². The van der Waals surface area contributed by atoms with Crippen molar-refractivity contribution in [3.05, 3.63) is 35.0 Å². The van der Waals surface area contributed by atoms with E-state index in [0.29, 0.717) is 11.7 Å². The third-order valence-electron chi connectivity index (χ3n) is 3.67. The van der Waals surface area contributed by atoms with Gasteiger partial charge in [0.05, 0.1) is 6.20 Å². The summed E-state index contributed by atoms with van der Waals surface area (Å²) >= 11 is 8.44. The zero-order valence-electron chi connectivity index (χ0n) is 10.8. The Morgan fingerprint density at radius 3 is 2.89 bits per heavy atom. The molecule has 100 valence electrons. The molecule has 0 saturated carbocycles. The van der Waals surface area contributed by atoms with Crippen LogP contribution in [0.5, 0.6) is 0 Å². The lowest BCUT2D eigenvalue weighted by molar-refractivity contribution is 0.779. The molecule has 0 spiro atoms. The Balaban J connectivity index is 1.97. The van der Waals surface area contributed by atoms with Crippen LogP contribution < -0.4 is 5.73 Å². The number of rotatable bonds is 2. The molecular weight excluding hydrogens is 278 g/mol. The van der Waals surface area contributed by atoms with E-state index in [9.17, 15) is 0 Å². The Kier molecular flexibility index (Phi) is 3.46. The highest BCUT2D eigenvalue weighted by atomic mass is 35.5. The maximum Gasteiger partial charge on any atom is 0.129 e. The Morgan fingerprint density at radius 1 is 1.47 bits per heavy atom. The van der Waals surface area contributed by atoms with E-state index in [-0.39, 0.29) is 0 Å². The summed E-state index contributed by atoms with van der Waals surface area (Å²) in [6.07, 6.45) is 3.00. The topological polar surface area (TPSA) is 43.8 Å². The summed E-state index contributed by atoms with van der Waals surface area (Å²) in [6.45, 7) is 0. The van der Waals surface area contributed by atoms with Gasteiger partial charge in [0.15, 0.2) is 0 Å². The Hall–Kier alpha value is -1.13. The maximum atomic E-state index is 6.44. The van der Waals surface area contributed by atoms with Crippen LogP contribution in [-0.2, 0) is 7.05 Å². The molecule has 1 unspecified atom stereocenters. The van der Waals surface area contributed by atoms with Crippen LogP contribution in [0.15, 0.2) is 24.4 Å². The number of aromatic nitrogens is 2. The molecule has 5 heteroatoms. The molecule has 0 amide bonds. The van der Waals surface area contributed by atoms with Gasteiger partial charge in [-0.15, -0.1) is 0 Å². The summed E-state index contributed by atoms with van der Waals surface area (Å²) in [6, 6.07) is 6.24. The van der Waals surface area contributed by atoms with Crippen molar-refractivity contribution >= 4 is 29.2 Å². The molecule has 2 aromatic rings. The number of hydrogen-bond donors (Lipinski definition) is 1. The molecule has 3 nitrogen and oxygen atoms in total. The van der Waals surface area contributed by atoms with Gasteiger partial charge < -0.3 is 5.73 Å². The summed E-state index contributed by atoms with van der Waals surface area (Å²) in [7, 11) is 1.84. The number of anilines is 1. The molecule has 1 atom stereocenters. The monoisotopic (exact) mass is 293 g/mol. The number of hydrogen-bond acceptors (Lipinski definition) is 3.